The summed E-state index contributed by atoms with van der Waals surface area (Å²) in [5.74, 6) is 1.11. The van der Waals surface area contributed by atoms with Crippen LogP contribution in [0.2, 0.25) is 0 Å². The Morgan fingerprint density at radius 3 is 2.62 bits per heavy atom. The third-order valence-electron chi connectivity index (χ3n) is 4.27. The third kappa shape index (κ3) is 6.19. The number of benzene rings is 1. The van der Waals surface area contributed by atoms with Crippen LogP contribution in [-0.4, -0.2) is 53.0 Å². The van der Waals surface area contributed by atoms with Crippen LogP contribution in [0.25, 0.3) is 0 Å². The Labute approximate surface area is 168 Å². The zero-order valence-corrected chi connectivity index (χ0v) is 16.6. The largest absolute Gasteiger partial charge is 0.491 e. The molecule has 0 aliphatic heterocycles. The van der Waals surface area contributed by atoms with Gasteiger partial charge >= 0.3 is 5.69 Å². The van der Waals surface area contributed by atoms with Crippen molar-refractivity contribution in [3.05, 3.63) is 56.7 Å². The van der Waals surface area contributed by atoms with Crippen molar-refractivity contribution in [1.29, 1.82) is 0 Å². The molecule has 2 rings (SSSR count). The highest BCUT2D eigenvalue weighted by Gasteiger charge is 2.13. The van der Waals surface area contributed by atoms with Crippen LogP contribution in [0.4, 0.5) is 5.82 Å². The second-order valence-corrected chi connectivity index (χ2v) is 6.44. The summed E-state index contributed by atoms with van der Waals surface area (Å²) in [5, 5.41) is 18.4. The van der Waals surface area contributed by atoms with E-state index in [1.807, 2.05) is 30.3 Å². The fraction of sp³-hybridized carbons (Fsp3) is 0.421. The first-order valence-corrected chi connectivity index (χ1v) is 9.23. The SMILES string of the molecule is Cc1c(NCCNCC(O)COc2ccccc2)n(C)c(=O)n(CNC=O)c1=O. The molecule has 10 heteroatoms. The Balaban J connectivity index is 1.80. The van der Waals surface area contributed by atoms with Crippen LogP contribution >= 0.6 is 0 Å². The predicted octanol–water partition coefficient (Wildman–Crippen LogP) is -1.000. The summed E-state index contributed by atoms with van der Waals surface area (Å²) >= 11 is 0. The van der Waals surface area contributed by atoms with Crippen molar-refractivity contribution in [2.45, 2.75) is 19.7 Å². The molecule has 1 unspecified atom stereocenters. The van der Waals surface area contributed by atoms with E-state index in [4.69, 9.17) is 4.74 Å². The Hall–Kier alpha value is -3.11. The first-order valence-electron chi connectivity index (χ1n) is 9.23. The highest BCUT2D eigenvalue weighted by molar-refractivity contribution is 5.45. The average Bonchev–Trinajstić information content (AvgIpc) is 2.73. The van der Waals surface area contributed by atoms with Gasteiger partial charge < -0.3 is 25.8 Å². The molecule has 158 valence electrons. The lowest BCUT2D eigenvalue weighted by Crippen LogP contribution is -2.44. The van der Waals surface area contributed by atoms with Crippen molar-refractivity contribution in [3.63, 3.8) is 0 Å². The van der Waals surface area contributed by atoms with Crippen molar-refractivity contribution in [2.75, 3.05) is 31.6 Å². The van der Waals surface area contributed by atoms with E-state index in [9.17, 15) is 19.5 Å². The lowest BCUT2D eigenvalue weighted by molar-refractivity contribution is -0.110. The number of nitrogens with one attached hydrogen (secondary N) is 3. The Morgan fingerprint density at radius 1 is 1.21 bits per heavy atom. The Kier molecular flexibility index (Phi) is 8.44. The number of aliphatic hydroxyl groups excluding tert-OH is 1. The number of hydrogen-bond donors (Lipinski definition) is 4. The molecule has 1 atom stereocenters. The van der Waals surface area contributed by atoms with Crippen LogP contribution in [0.15, 0.2) is 39.9 Å². The summed E-state index contributed by atoms with van der Waals surface area (Å²) in [4.78, 5) is 35.1. The van der Waals surface area contributed by atoms with Crippen molar-refractivity contribution in [1.82, 2.24) is 19.8 Å². The van der Waals surface area contributed by atoms with Gasteiger partial charge in [-0.05, 0) is 19.1 Å². The number of anilines is 1. The molecule has 1 amide bonds. The van der Waals surface area contributed by atoms with Gasteiger partial charge in [-0.25, -0.2) is 9.36 Å². The minimum absolute atomic E-state index is 0.172. The number of carbonyl (C=O) groups is 1. The molecule has 0 saturated carbocycles. The average molecular weight is 405 g/mol. The molecule has 0 spiro atoms. The van der Waals surface area contributed by atoms with Gasteiger partial charge in [0.15, 0.2) is 0 Å². The minimum Gasteiger partial charge on any atom is -0.491 e. The fourth-order valence-corrected chi connectivity index (χ4v) is 2.74. The lowest BCUT2D eigenvalue weighted by Gasteiger charge is -2.17. The first-order chi connectivity index (χ1) is 14.0. The van der Waals surface area contributed by atoms with Crippen LogP contribution in [0.1, 0.15) is 5.56 Å². The van der Waals surface area contributed by atoms with Gasteiger partial charge in [-0.1, -0.05) is 18.2 Å². The maximum atomic E-state index is 12.3. The third-order valence-corrected chi connectivity index (χ3v) is 4.27. The maximum Gasteiger partial charge on any atom is 0.333 e. The molecular formula is C19H27N5O5. The standard InChI is InChI=1S/C19H27N5O5/c1-14-17(23(2)19(28)24(18(14)27)12-21-13-25)22-9-8-20-10-15(26)11-29-16-6-4-3-5-7-16/h3-7,13,15,20,22,26H,8-12H2,1-2H3,(H,21,25). The second kappa shape index (κ2) is 11.0. The second-order valence-electron chi connectivity index (χ2n) is 6.44. The van der Waals surface area contributed by atoms with Gasteiger partial charge in [-0.2, -0.15) is 0 Å². The van der Waals surface area contributed by atoms with Crippen molar-refractivity contribution < 1.29 is 14.6 Å². The first kappa shape index (κ1) is 22.2. The number of aromatic nitrogens is 2. The van der Waals surface area contributed by atoms with E-state index >= 15 is 0 Å². The summed E-state index contributed by atoms with van der Waals surface area (Å²) < 4.78 is 7.76. The molecule has 0 aliphatic rings. The van der Waals surface area contributed by atoms with Gasteiger partial charge in [0, 0.05) is 26.7 Å². The van der Waals surface area contributed by atoms with E-state index in [-0.39, 0.29) is 13.3 Å². The van der Waals surface area contributed by atoms with E-state index < -0.39 is 17.4 Å². The Morgan fingerprint density at radius 2 is 1.93 bits per heavy atom. The topological polar surface area (TPSA) is 127 Å². The number of para-hydroxylation sites is 1. The summed E-state index contributed by atoms with van der Waals surface area (Å²) in [7, 11) is 1.55. The zero-order valence-electron chi connectivity index (χ0n) is 16.6. The van der Waals surface area contributed by atoms with Crippen LogP contribution in [0.5, 0.6) is 5.75 Å². The quantitative estimate of drug-likeness (QED) is 0.264. The van der Waals surface area contributed by atoms with Gasteiger partial charge in [-0.15, -0.1) is 0 Å². The zero-order chi connectivity index (χ0) is 21.2. The van der Waals surface area contributed by atoms with E-state index in [1.165, 1.54) is 4.57 Å². The molecule has 10 nitrogen and oxygen atoms in total. The summed E-state index contributed by atoms with van der Waals surface area (Å²) in [6.07, 6.45) is -0.242. The van der Waals surface area contributed by atoms with Crippen LogP contribution in [0, 0.1) is 6.92 Å². The van der Waals surface area contributed by atoms with E-state index in [0.29, 0.717) is 43.2 Å². The number of amides is 1. The van der Waals surface area contributed by atoms with Crippen LogP contribution in [0.3, 0.4) is 0 Å². The number of ether oxygens (including phenoxy) is 1. The molecule has 2 aromatic rings. The highest BCUT2D eigenvalue weighted by Crippen LogP contribution is 2.08. The monoisotopic (exact) mass is 405 g/mol. The molecule has 1 heterocycles. The minimum atomic E-state index is -0.671. The van der Waals surface area contributed by atoms with Crippen molar-refractivity contribution >= 4 is 12.2 Å². The van der Waals surface area contributed by atoms with Crippen molar-refractivity contribution in [2.24, 2.45) is 7.05 Å². The van der Waals surface area contributed by atoms with Crippen LogP contribution in [-0.2, 0) is 18.5 Å². The fourth-order valence-electron chi connectivity index (χ4n) is 2.74. The molecule has 4 N–H and O–H groups in total. The number of rotatable bonds is 12. The molecule has 0 radical (unpaired) electrons. The molecule has 29 heavy (non-hydrogen) atoms. The molecule has 0 saturated heterocycles. The van der Waals surface area contributed by atoms with Gasteiger partial charge in [0.25, 0.3) is 5.56 Å². The number of carbonyl (C=O) groups excluding carboxylic acids is 1. The smallest absolute Gasteiger partial charge is 0.333 e. The number of aliphatic hydroxyl groups is 1. The van der Waals surface area contributed by atoms with E-state index in [0.717, 1.165) is 4.57 Å². The number of nitrogens with zero attached hydrogens (tertiary/aromatic N) is 2. The van der Waals surface area contributed by atoms with Crippen molar-refractivity contribution in [3.8, 4) is 5.75 Å². The maximum absolute atomic E-state index is 12.3. The lowest BCUT2D eigenvalue weighted by atomic mass is 10.3. The molecule has 0 bridgehead atoms. The molecule has 0 aliphatic carbocycles. The highest BCUT2D eigenvalue weighted by atomic mass is 16.5. The van der Waals surface area contributed by atoms with Gasteiger partial charge in [0.1, 0.15) is 30.9 Å². The molecular weight excluding hydrogens is 378 g/mol. The number of hydrogen-bond acceptors (Lipinski definition) is 7. The predicted molar refractivity (Wildman–Crippen MR) is 109 cm³/mol. The molecule has 1 aromatic heterocycles. The molecule has 0 fully saturated rings. The van der Waals surface area contributed by atoms with Crippen LogP contribution < -0.4 is 31.9 Å². The van der Waals surface area contributed by atoms with E-state index in [1.54, 1.807) is 14.0 Å². The van der Waals surface area contributed by atoms with E-state index in [2.05, 4.69) is 16.0 Å². The molecule has 1 aromatic carbocycles. The van der Waals surface area contributed by atoms with Gasteiger partial charge in [-0.3, -0.25) is 14.2 Å². The summed E-state index contributed by atoms with van der Waals surface area (Å²) in [5.41, 5.74) is -0.624. The summed E-state index contributed by atoms with van der Waals surface area (Å²) in [6, 6.07) is 9.24. The van der Waals surface area contributed by atoms with Gasteiger partial charge in [0.05, 0.1) is 5.56 Å². The Bertz CT molecular complexity index is 872. The normalized spacial score (nSPS) is 11.7. The summed E-state index contributed by atoms with van der Waals surface area (Å²) in [6.45, 7) is 2.89. The van der Waals surface area contributed by atoms with Gasteiger partial charge in [0.2, 0.25) is 6.41 Å².